The van der Waals surface area contributed by atoms with E-state index in [1.54, 1.807) is 0 Å². The molecule has 0 aliphatic carbocycles. The summed E-state index contributed by atoms with van der Waals surface area (Å²) in [5, 5.41) is 0. The lowest BCUT2D eigenvalue weighted by molar-refractivity contribution is 0.812. The first-order valence-electron chi connectivity index (χ1n) is 3.63. The van der Waals surface area contributed by atoms with Crippen LogP contribution in [0.3, 0.4) is 0 Å². The third-order valence-electron chi connectivity index (χ3n) is 1.64. The van der Waals surface area contributed by atoms with Gasteiger partial charge >= 0.3 is 0 Å². The maximum Gasteiger partial charge on any atom is 0.0277 e. The van der Waals surface area contributed by atoms with Gasteiger partial charge in [0.05, 0.1) is 0 Å². The third kappa shape index (κ3) is 2.04. The average molecular weight is 214 g/mol. The van der Waals surface area contributed by atoms with Crippen LogP contribution in [0, 0.1) is 6.92 Å². The molecular weight excluding hydrogens is 202 g/mol. The van der Waals surface area contributed by atoms with Gasteiger partial charge in [-0.2, -0.15) is 0 Å². The zero-order chi connectivity index (χ0) is 8.43. The van der Waals surface area contributed by atoms with Crippen LogP contribution in [0.4, 0.5) is 0 Å². The van der Waals surface area contributed by atoms with Gasteiger partial charge in [0.2, 0.25) is 0 Å². The Morgan fingerprint density at radius 1 is 1.45 bits per heavy atom. The summed E-state index contributed by atoms with van der Waals surface area (Å²) in [5.41, 5.74) is 8.18. The molecule has 1 aromatic rings. The van der Waals surface area contributed by atoms with E-state index < -0.39 is 0 Å². The molecule has 1 nitrogen and oxygen atoms in total. The molecule has 0 fully saturated rings. The molecule has 60 valence electrons. The van der Waals surface area contributed by atoms with Crippen molar-refractivity contribution in [1.29, 1.82) is 0 Å². The van der Waals surface area contributed by atoms with Crippen LogP contribution < -0.4 is 5.73 Å². The molecule has 2 N–H and O–H groups in total. The fourth-order valence-corrected chi connectivity index (χ4v) is 1.62. The number of hydrogen-bond acceptors (Lipinski definition) is 1. The van der Waals surface area contributed by atoms with Crippen LogP contribution in [0.15, 0.2) is 22.7 Å². The quantitative estimate of drug-likeness (QED) is 0.764. The van der Waals surface area contributed by atoms with E-state index in [4.69, 9.17) is 5.73 Å². The predicted molar refractivity (Wildman–Crippen MR) is 51.5 cm³/mol. The summed E-state index contributed by atoms with van der Waals surface area (Å²) < 4.78 is 1.10. The molecule has 0 bridgehead atoms. The van der Waals surface area contributed by atoms with Crippen molar-refractivity contribution < 1.29 is 0 Å². The molecule has 0 amide bonds. The van der Waals surface area contributed by atoms with E-state index in [2.05, 4.69) is 35.0 Å². The second-order valence-corrected chi connectivity index (χ2v) is 3.67. The average Bonchev–Trinajstić information content (AvgIpc) is 1.94. The summed E-state index contributed by atoms with van der Waals surface area (Å²) in [4.78, 5) is 0. The number of rotatable bonds is 1. The van der Waals surface area contributed by atoms with Gasteiger partial charge in [-0.15, -0.1) is 0 Å². The topological polar surface area (TPSA) is 26.0 Å². The number of hydrogen-bond donors (Lipinski definition) is 1. The normalized spacial score (nSPS) is 13.1. The van der Waals surface area contributed by atoms with Gasteiger partial charge in [-0.1, -0.05) is 33.6 Å². The monoisotopic (exact) mass is 213 g/mol. The Morgan fingerprint density at radius 3 is 2.55 bits per heavy atom. The van der Waals surface area contributed by atoms with Gasteiger partial charge in [-0.05, 0) is 25.5 Å². The van der Waals surface area contributed by atoms with Gasteiger partial charge in [0.25, 0.3) is 0 Å². The molecule has 2 heteroatoms. The lowest BCUT2D eigenvalue weighted by Gasteiger charge is -2.08. The molecule has 1 aromatic carbocycles. The minimum absolute atomic E-state index is 0.101. The van der Waals surface area contributed by atoms with Crippen molar-refractivity contribution >= 4 is 15.9 Å². The van der Waals surface area contributed by atoms with Gasteiger partial charge in [0.1, 0.15) is 0 Å². The molecule has 0 aliphatic heterocycles. The molecule has 1 rings (SSSR count). The predicted octanol–water partition coefficient (Wildman–Crippen LogP) is 2.78. The van der Waals surface area contributed by atoms with E-state index in [1.165, 1.54) is 11.1 Å². The fraction of sp³-hybridized carbons (Fsp3) is 0.333. The summed E-state index contributed by atoms with van der Waals surface area (Å²) in [7, 11) is 0. The smallest absolute Gasteiger partial charge is 0.0277 e. The number of benzene rings is 1. The van der Waals surface area contributed by atoms with Crippen molar-refractivity contribution in [2.45, 2.75) is 19.9 Å². The summed E-state index contributed by atoms with van der Waals surface area (Å²) in [6.07, 6.45) is 0. The van der Waals surface area contributed by atoms with E-state index in [0.717, 1.165) is 4.47 Å². The zero-order valence-electron chi connectivity index (χ0n) is 6.76. The molecule has 1 atom stereocenters. The zero-order valence-corrected chi connectivity index (χ0v) is 8.35. The maximum absolute atomic E-state index is 5.75. The van der Waals surface area contributed by atoms with Crippen molar-refractivity contribution in [3.63, 3.8) is 0 Å². The Bertz CT molecular complexity index is 256. The molecule has 0 saturated heterocycles. The summed E-state index contributed by atoms with van der Waals surface area (Å²) in [5.74, 6) is 0. The van der Waals surface area contributed by atoms with Crippen LogP contribution in [0.2, 0.25) is 0 Å². The Balaban J connectivity index is 3.13. The van der Waals surface area contributed by atoms with Crippen LogP contribution in [0.5, 0.6) is 0 Å². The van der Waals surface area contributed by atoms with Gasteiger partial charge in [-0.3, -0.25) is 0 Å². The number of halogens is 1. The lowest BCUT2D eigenvalue weighted by atomic mass is 10.1. The highest BCUT2D eigenvalue weighted by molar-refractivity contribution is 9.10. The van der Waals surface area contributed by atoms with Crippen molar-refractivity contribution in [1.82, 2.24) is 0 Å². The van der Waals surface area contributed by atoms with E-state index in [9.17, 15) is 0 Å². The Hall–Kier alpha value is -0.340. The molecule has 0 radical (unpaired) electrons. The SMILES string of the molecule is Cc1ccc(Br)c([C@H](C)N)c1. The molecule has 0 heterocycles. The number of aryl methyl sites for hydroxylation is 1. The second kappa shape index (κ2) is 3.37. The minimum Gasteiger partial charge on any atom is -0.324 e. The van der Waals surface area contributed by atoms with Crippen LogP contribution >= 0.6 is 15.9 Å². The third-order valence-corrected chi connectivity index (χ3v) is 2.36. The molecule has 0 aromatic heterocycles. The first kappa shape index (κ1) is 8.75. The van der Waals surface area contributed by atoms with Crippen LogP contribution in [-0.4, -0.2) is 0 Å². The van der Waals surface area contributed by atoms with Gasteiger partial charge in [0, 0.05) is 10.5 Å². The fourth-order valence-electron chi connectivity index (χ4n) is 1.01. The molecule has 0 saturated carbocycles. The summed E-state index contributed by atoms with van der Waals surface area (Å²) in [6, 6.07) is 6.31. The standard InChI is InChI=1S/C9H12BrN/c1-6-3-4-9(10)8(5-6)7(2)11/h3-5,7H,11H2,1-2H3/t7-/m0/s1. The summed E-state index contributed by atoms with van der Waals surface area (Å²) >= 11 is 3.45. The summed E-state index contributed by atoms with van der Waals surface area (Å²) in [6.45, 7) is 4.05. The molecule has 11 heavy (non-hydrogen) atoms. The highest BCUT2D eigenvalue weighted by Gasteiger charge is 2.03. The van der Waals surface area contributed by atoms with E-state index in [1.807, 2.05) is 13.0 Å². The van der Waals surface area contributed by atoms with Gasteiger partial charge in [0.15, 0.2) is 0 Å². The van der Waals surface area contributed by atoms with Crippen molar-refractivity contribution in [2.75, 3.05) is 0 Å². The second-order valence-electron chi connectivity index (χ2n) is 2.81. The first-order chi connectivity index (χ1) is 5.11. The Kier molecular flexibility index (Phi) is 2.68. The molecule has 0 spiro atoms. The molecule has 0 unspecified atom stereocenters. The van der Waals surface area contributed by atoms with Crippen LogP contribution in [0.25, 0.3) is 0 Å². The molecule has 0 aliphatic rings. The number of nitrogens with two attached hydrogens (primary N) is 1. The Labute approximate surface area is 75.7 Å². The van der Waals surface area contributed by atoms with E-state index in [-0.39, 0.29) is 6.04 Å². The lowest BCUT2D eigenvalue weighted by Crippen LogP contribution is -2.05. The van der Waals surface area contributed by atoms with Crippen LogP contribution in [0.1, 0.15) is 24.1 Å². The van der Waals surface area contributed by atoms with Crippen molar-refractivity contribution in [3.05, 3.63) is 33.8 Å². The maximum atomic E-state index is 5.75. The first-order valence-corrected chi connectivity index (χ1v) is 4.42. The highest BCUT2D eigenvalue weighted by atomic mass is 79.9. The van der Waals surface area contributed by atoms with Gasteiger partial charge in [-0.25, -0.2) is 0 Å². The van der Waals surface area contributed by atoms with E-state index in [0.29, 0.717) is 0 Å². The molecular formula is C9H12BrN. The van der Waals surface area contributed by atoms with Crippen molar-refractivity contribution in [2.24, 2.45) is 5.73 Å². The van der Waals surface area contributed by atoms with Crippen molar-refractivity contribution in [3.8, 4) is 0 Å². The van der Waals surface area contributed by atoms with Crippen LogP contribution in [-0.2, 0) is 0 Å². The Morgan fingerprint density at radius 2 is 2.09 bits per heavy atom. The highest BCUT2D eigenvalue weighted by Crippen LogP contribution is 2.22. The minimum atomic E-state index is 0.101. The largest absolute Gasteiger partial charge is 0.324 e. The van der Waals surface area contributed by atoms with Gasteiger partial charge < -0.3 is 5.73 Å². The van der Waals surface area contributed by atoms with E-state index >= 15 is 0 Å².